The van der Waals surface area contributed by atoms with Gasteiger partial charge in [-0.15, -0.1) is 0 Å². The van der Waals surface area contributed by atoms with Gasteiger partial charge in [0.05, 0.1) is 19.3 Å². The van der Waals surface area contributed by atoms with Gasteiger partial charge in [-0.05, 0) is 33.2 Å². The number of nitrogens with two attached hydrogens (primary N) is 2. The summed E-state index contributed by atoms with van der Waals surface area (Å²) in [7, 11) is 0. The Kier molecular flexibility index (Phi) is 9.86. The van der Waals surface area contributed by atoms with E-state index in [0.717, 1.165) is 12.8 Å². The number of ether oxygens (including phenoxy) is 2. The number of hydrogen-bond donors (Lipinski definition) is 3. The van der Waals surface area contributed by atoms with Crippen molar-refractivity contribution in [2.24, 2.45) is 11.5 Å². The molecule has 18 heavy (non-hydrogen) atoms. The van der Waals surface area contributed by atoms with E-state index in [2.05, 4.69) is 0 Å². The molecule has 0 fully saturated rings. The van der Waals surface area contributed by atoms with E-state index in [1.807, 2.05) is 0 Å². The van der Waals surface area contributed by atoms with E-state index >= 15 is 0 Å². The minimum atomic E-state index is -0.603. The molecule has 0 rings (SSSR count). The van der Waals surface area contributed by atoms with E-state index < -0.39 is 12.0 Å². The molecule has 6 nitrogen and oxygen atoms in total. The molecular weight excluding hydrogens is 236 g/mol. The standard InChI is InChI=1S/C12H26N2O4/c1-9(7-15)17-8-10(2)18-12(16)11(14)5-3-4-6-13/h9-11,15H,3-8,13-14H2,1-2H3. The van der Waals surface area contributed by atoms with Crippen molar-refractivity contribution >= 4 is 5.97 Å². The summed E-state index contributed by atoms with van der Waals surface area (Å²) < 4.78 is 10.4. The number of unbranched alkanes of at least 4 members (excludes halogenated alkanes) is 1. The second kappa shape index (κ2) is 10.3. The summed E-state index contributed by atoms with van der Waals surface area (Å²) in [5.41, 5.74) is 11.1. The van der Waals surface area contributed by atoms with Crippen LogP contribution in [0.4, 0.5) is 0 Å². The number of hydrogen-bond acceptors (Lipinski definition) is 6. The molecule has 108 valence electrons. The maximum atomic E-state index is 11.6. The fourth-order valence-corrected chi connectivity index (χ4v) is 1.30. The van der Waals surface area contributed by atoms with Crippen molar-refractivity contribution in [3.05, 3.63) is 0 Å². The summed E-state index contributed by atoms with van der Waals surface area (Å²) >= 11 is 0. The average molecular weight is 262 g/mol. The molecule has 3 atom stereocenters. The number of aliphatic hydroxyl groups is 1. The van der Waals surface area contributed by atoms with Crippen molar-refractivity contribution in [3.8, 4) is 0 Å². The minimum Gasteiger partial charge on any atom is -0.459 e. The van der Waals surface area contributed by atoms with Crippen LogP contribution in [0.15, 0.2) is 0 Å². The summed E-state index contributed by atoms with van der Waals surface area (Å²) in [4.78, 5) is 11.6. The highest BCUT2D eigenvalue weighted by molar-refractivity contribution is 5.75. The molecule has 3 unspecified atom stereocenters. The van der Waals surface area contributed by atoms with Crippen LogP contribution in [0.25, 0.3) is 0 Å². The third-order valence-corrected chi connectivity index (χ3v) is 2.46. The Hall–Kier alpha value is -0.690. The first-order chi connectivity index (χ1) is 8.51. The Balaban J connectivity index is 3.77. The monoisotopic (exact) mass is 262 g/mol. The topological polar surface area (TPSA) is 108 Å². The van der Waals surface area contributed by atoms with Crippen molar-refractivity contribution in [1.82, 2.24) is 0 Å². The third-order valence-electron chi connectivity index (χ3n) is 2.46. The lowest BCUT2D eigenvalue weighted by molar-refractivity contribution is -0.154. The maximum absolute atomic E-state index is 11.6. The third kappa shape index (κ3) is 8.41. The Morgan fingerprint density at radius 1 is 1.28 bits per heavy atom. The Bertz CT molecular complexity index is 226. The van der Waals surface area contributed by atoms with Gasteiger partial charge in [0, 0.05) is 0 Å². The zero-order valence-corrected chi connectivity index (χ0v) is 11.3. The second-order valence-corrected chi connectivity index (χ2v) is 4.46. The first-order valence-corrected chi connectivity index (χ1v) is 6.39. The Morgan fingerprint density at radius 3 is 2.50 bits per heavy atom. The van der Waals surface area contributed by atoms with Gasteiger partial charge in [-0.3, -0.25) is 4.79 Å². The van der Waals surface area contributed by atoms with Gasteiger partial charge in [-0.2, -0.15) is 0 Å². The van der Waals surface area contributed by atoms with Crippen molar-refractivity contribution in [3.63, 3.8) is 0 Å². The quantitative estimate of drug-likeness (QED) is 0.371. The molecule has 0 aliphatic carbocycles. The van der Waals surface area contributed by atoms with Gasteiger partial charge in [0.1, 0.15) is 12.1 Å². The highest BCUT2D eigenvalue weighted by atomic mass is 16.6. The maximum Gasteiger partial charge on any atom is 0.323 e. The lowest BCUT2D eigenvalue weighted by Crippen LogP contribution is -2.36. The molecule has 0 spiro atoms. The van der Waals surface area contributed by atoms with Crippen LogP contribution in [-0.4, -0.2) is 49.1 Å². The van der Waals surface area contributed by atoms with Crippen molar-refractivity contribution in [1.29, 1.82) is 0 Å². The first kappa shape index (κ1) is 17.3. The zero-order chi connectivity index (χ0) is 14.0. The van der Waals surface area contributed by atoms with Crippen LogP contribution in [0.2, 0.25) is 0 Å². The van der Waals surface area contributed by atoms with Crippen LogP contribution in [0.3, 0.4) is 0 Å². The molecule has 6 heteroatoms. The summed E-state index contributed by atoms with van der Waals surface area (Å²) in [6, 6.07) is -0.603. The number of esters is 1. The molecule has 0 saturated heterocycles. The van der Waals surface area contributed by atoms with Gasteiger partial charge in [-0.25, -0.2) is 0 Å². The molecule has 0 aromatic rings. The van der Waals surface area contributed by atoms with Crippen molar-refractivity contribution in [2.45, 2.75) is 51.4 Å². The van der Waals surface area contributed by atoms with Gasteiger partial charge < -0.3 is 26.0 Å². The molecule has 0 heterocycles. The molecule has 0 aliphatic rings. The van der Waals surface area contributed by atoms with Gasteiger partial charge in [0.2, 0.25) is 0 Å². The molecule has 0 saturated carbocycles. The van der Waals surface area contributed by atoms with Crippen LogP contribution in [0, 0.1) is 0 Å². The van der Waals surface area contributed by atoms with Crippen LogP contribution in [0.1, 0.15) is 33.1 Å². The number of aliphatic hydroxyl groups excluding tert-OH is 1. The lowest BCUT2D eigenvalue weighted by Gasteiger charge is -2.18. The summed E-state index contributed by atoms with van der Waals surface area (Å²) in [6.07, 6.45) is 1.63. The van der Waals surface area contributed by atoms with Crippen LogP contribution in [0.5, 0.6) is 0 Å². The number of carbonyl (C=O) groups excluding carboxylic acids is 1. The van der Waals surface area contributed by atoms with Gasteiger partial charge in [-0.1, -0.05) is 6.42 Å². The zero-order valence-electron chi connectivity index (χ0n) is 11.3. The molecule has 0 radical (unpaired) electrons. The van der Waals surface area contributed by atoms with Crippen LogP contribution in [-0.2, 0) is 14.3 Å². The SMILES string of the molecule is CC(CO)OCC(C)OC(=O)C(N)CCCCN. The smallest absolute Gasteiger partial charge is 0.323 e. The second-order valence-electron chi connectivity index (χ2n) is 4.46. The van der Waals surface area contributed by atoms with Crippen LogP contribution < -0.4 is 11.5 Å². The van der Waals surface area contributed by atoms with E-state index in [1.54, 1.807) is 13.8 Å². The molecule has 0 aromatic carbocycles. The summed E-state index contributed by atoms with van der Waals surface area (Å²) in [5.74, 6) is -0.417. The highest BCUT2D eigenvalue weighted by Gasteiger charge is 2.18. The fraction of sp³-hybridized carbons (Fsp3) is 0.917. The normalized spacial score (nSPS) is 16.1. The predicted octanol–water partition coefficient (Wildman–Crippen LogP) is -0.228. The Labute approximate surface area is 109 Å². The van der Waals surface area contributed by atoms with E-state index in [4.69, 9.17) is 26.0 Å². The van der Waals surface area contributed by atoms with E-state index in [0.29, 0.717) is 13.0 Å². The van der Waals surface area contributed by atoms with Gasteiger partial charge >= 0.3 is 5.97 Å². The molecule has 0 aliphatic heterocycles. The van der Waals surface area contributed by atoms with Gasteiger partial charge in [0.15, 0.2) is 0 Å². The fourth-order valence-electron chi connectivity index (χ4n) is 1.30. The molecule has 5 N–H and O–H groups in total. The number of carbonyl (C=O) groups is 1. The minimum absolute atomic E-state index is 0.0563. The Morgan fingerprint density at radius 2 is 1.94 bits per heavy atom. The molecule has 0 amide bonds. The summed E-state index contributed by atoms with van der Waals surface area (Å²) in [6.45, 7) is 4.27. The largest absolute Gasteiger partial charge is 0.459 e. The van der Waals surface area contributed by atoms with Crippen molar-refractivity contribution in [2.75, 3.05) is 19.8 Å². The predicted molar refractivity (Wildman–Crippen MR) is 68.9 cm³/mol. The lowest BCUT2D eigenvalue weighted by atomic mass is 10.1. The number of rotatable bonds is 10. The molecule has 0 aromatic heterocycles. The molecule has 0 bridgehead atoms. The van der Waals surface area contributed by atoms with E-state index in [9.17, 15) is 4.79 Å². The summed E-state index contributed by atoms with van der Waals surface area (Å²) in [5, 5.41) is 8.78. The first-order valence-electron chi connectivity index (χ1n) is 6.39. The van der Waals surface area contributed by atoms with Crippen LogP contribution >= 0.6 is 0 Å². The average Bonchev–Trinajstić information content (AvgIpc) is 2.35. The van der Waals surface area contributed by atoms with Crippen molar-refractivity contribution < 1.29 is 19.4 Å². The highest BCUT2D eigenvalue weighted by Crippen LogP contribution is 2.03. The molecular formula is C12H26N2O4. The van der Waals surface area contributed by atoms with E-state index in [1.165, 1.54) is 0 Å². The van der Waals surface area contributed by atoms with E-state index in [-0.39, 0.29) is 25.4 Å². The van der Waals surface area contributed by atoms with Gasteiger partial charge in [0.25, 0.3) is 0 Å².